The van der Waals surface area contributed by atoms with Crippen molar-refractivity contribution in [1.82, 2.24) is 5.43 Å². The van der Waals surface area contributed by atoms with Gasteiger partial charge in [-0.2, -0.15) is 8.78 Å². The number of hydrazine groups is 1. The molecule has 3 nitrogen and oxygen atoms in total. The largest absolute Gasteiger partial charge is 0.373 e. The summed E-state index contributed by atoms with van der Waals surface area (Å²) in [7, 11) is 0. The highest BCUT2D eigenvalue weighted by Gasteiger charge is 2.41. The van der Waals surface area contributed by atoms with Crippen molar-refractivity contribution in [2.45, 2.75) is 18.4 Å². The van der Waals surface area contributed by atoms with E-state index in [2.05, 4.69) is 4.74 Å². The van der Waals surface area contributed by atoms with Crippen molar-refractivity contribution in [3.8, 4) is 0 Å². The van der Waals surface area contributed by atoms with E-state index >= 15 is 0 Å². The minimum absolute atomic E-state index is 0.257. The molecule has 0 aliphatic heterocycles. The molecule has 20 heavy (non-hydrogen) atoms. The van der Waals surface area contributed by atoms with Gasteiger partial charge in [-0.1, -0.05) is 0 Å². The number of rotatable bonds is 7. The first kappa shape index (κ1) is 16.7. The summed E-state index contributed by atoms with van der Waals surface area (Å²) in [5, 5.41) is 0. The minimum Gasteiger partial charge on any atom is -0.373 e. The molecule has 1 unspecified atom stereocenters. The average molecular weight is 302 g/mol. The van der Waals surface area contributed by atoms with Crippen LogP contribution in [0.25, 0.3) is 0 Å². The zero-order valence-corrected chi connectivity index (χ0v) is 10.1. The second-order valence-corrected chi connectivity index (χ2v) is 3.96. The van der Waals surface area contributed by atoms with Crippen molar-refractivity contribution in [2.75, 3.05) is 13.2 Å². The lowest BCUT2D eigenvalue weighted by atomic mass is 10.1. The molecule has 0 aromatic heterocycles. The van der Waals surface area contributed by atoms with Crippen LogP contribution in [0, 0.1) is 11.6 Å². The third-order valence-corrected chi connectivity index (χ3v) is 2.43. The standard InChI is InChI=1S/C11H12F6N2O/c12-6-1-2-8(13)7(3-6)9(19-18)4-20-5-11(16,17)10(14)15/h1-3,9-10,19H,4-5,18H2. The first-order valence-corrected chi connectivity index (χ1v) is 5.42. The SMILES string of the molecule is NNC(COCC(F)(F)C(F)F)c1cc(F)ccc1F. The lowest BCUT2D eigenvalue weighted by molar-refractivity contribution is -0.167. The maximum atomic E-state index is 13.4. The van der Waals surface area contributed by atoms with Gasteiger partial charge >= 0.3 is 12.3 Å². The van der Waals surface area contributed by atoms with Gasteiger partial charge in [0.15, 0.2) is 0 Å². The third kappa shape index (κ3) is 4.36. The van der Waals surface area contributed by atoms with Gasteiger partial charge in [0.25, 0.3) is 0 Å². The molecule has 1 atom stereocenters. The normalized spacial score (nSPS) is 13.8. The molecule has 9 heteroatoms. The fourth-order valence-electron chi connectivity index (χ4n) is 1.39. The molecule has 0 radical (unpaired) electrons. The number of nitrogens with two attached hydrogens (primary N) is 1. The summed E-state index contributed by atoms with van der Waals surface area (Å²) < 4.78 is 79.7. The van der Waals surface area contributed by atoms with E-state index in [1.807, 2.05) is 5.43 Å². The molecule has 3 N–H and O–H groups in total. The summed E-state index contributed by atoms with van der Waals surface area (Å²) in [5.74, 6) is -0.840. The second-order valence-electron chi connectivity index (χ2n) is 3.96. The van der Waals surface area contributed by atoms with E-state index in [0.717, 1.165) is 18.2 Å². The maximum Gasteiger partial charge on any atom is 0.330 e. The summed E-state index contributed by atoms with van der Waals surface area (Å²) in [6.07, 6.45) is -3.88. The molecule has 0 aliphatic rings. The number of ether oxygens (including phenoxy) is 1. The van der Waals surface area contributed by atoms with Crippen LogP contribution in [0.15, 0.2) is 18.2 Å². The molecule has 0 bridgehead atoms. The van der Waals surface area contributed by atoms with Crippen LogP contribution in [0.2, 0.25) is 0 Å². The topological polar surface area (TPSA) is 47.3 Å². The Hall–Kier alpha value is -1.32. The number of benzene rings is 1. The van der Waals surface area contributed by atoms with Crippen molar-refractivity contribution in [2.24, 2.45) is 5.84 Å². The van der Waals surface area contributed by atoms with E-state index in [0.29, 0.717) is 0 Å². The monoisotopic (exact) mass is 302 g/mol. The summed E-state index contributed by atoms with van der Waals surface area (Å²) in [6.45, 7) is -2.18. The van der Waals surface area contributed by atoms with E-state index in [4.69, 9.17) is 5.84 Å². The Bertz CT molecular complexity index is 443. The Morgan fingerprint density at radius 2 is 1.90 bits per heavy atom. The number of halogens is 6. The van der Waals surface area contributed by atoms with Crippen molar-refractivity contribution in [3.63, 3.8) is 0 Å². The lowest BCUT2D eigenvalue weighted by Gasteiger charge is -2.20. The van der Waals surface area contributed by atoms with E-state index in [9.17, 15) is 26.3 Å². The fourth-order valence-corrected chi connectivity index (χ4v) is 1.39. The number of nitrogens with one attached hydrogen (secondary N) is 1. The Balaban J connectivity index is 2.67. The summed E-state index contributed by atoms with van der Waals surface area (Å²) in [5.41, 5.74) is 1.78. The van der Waals surface area contributed by atoms with Crippen LogP contribution in [0.3, 0.4) is 0 Å². The zero-order chi connectivity index (χ0) is 15.3. The van der Waals surface area contributed by atoms with Gasteiger partial charge in [-0.05, 0) is 18.2 Å². The summed E-state index contributed by atoms with van der Waals surface area (Å²) >= 11 is 0. The number of alkyl halides is 4. The van der Waals surface area contributed by atoms with Crippen molar-refractivity contribution < 1.29 is 31.1 Å². The van der Waals surface area contributed by atoms with Crippen LogP contribution in [0.4, 0.5) is 26.3 Å². The van der Waals surface area contributed by atoms with Gasteiger partial charge in [0, 0.05) is 5.56 Å². The first-order valence-electron chi connectivity index (χ1n) is 5.42. The first-order chi connectivity index (χ1) is 9.27. The maximum absolute atomic E-state index is 13.4. The van der Waals surface area contributed by atoms with Gasteiger partial charge in [-0.3, -0.25) is 11.3 Å². The van der Waals surface area contributed by atoms with Crippen LogP contribution in [0.1, 0.15) is 11.6 Å². The van der Waals surface area contributed by atoms with E-state index < -0.39 is 43.2 Å². The fraction of sp³-hybridized carbons (Fsp3) is 0.455. The molecule has 0 saturated carbocycles. The van der Waals surface area contributed by atoms with Gasteiger partial charge in [0.2, 0.25) is 0 Å². The van der Waals surface area contributed by atoms with Crippen LogP contribution >= 0.6 is 0 Å². The smallest absolute Gasteiger partial charge is 0.330 e. The number of hydrogen-bond donors (Lipinski definition) is 2. The Kier molecular flexibility index (Phi) is 5.78. The molecular weight excluding hydrogens is 290 g/mol. The van der Waals surface area contributed by atoms with Gasteiger partial charge < -0.3 is 4.74 Å². The van der Waals surface area contributed by atoms with Gasteiger partial charge in [-0.25, -0.2) is 17.6 Å². The molecular formula is C11H12F6N2O. The van der Waals surface area contributed by atoms with Crippen molar-refractivity contribution >= 4 is 0 Å². The predicted molar refractivity (Wildman–Crippen MR) is 58.2 cm³/mol. The lowest BCUT2D eigenvalue weighted by Crippen LogP contribution is -2.36. The molecule has 1 aromatic rings. The highest BCUT2D eigenvalue weighted by molar-refractivity contribution is 5.22. The quantitative estimate of drug-likeness (QED) is 0.462. The Labute approximate surface area is 110 Å². The van der Waals surface area contributed by atoms with Crippen LogP contribution in [-0.2, 0) is 4.74 Å². The number of hydrogen-bond acceptors (Lipinski definition) is 3. The van der Waals surface area contributed by atoms with Crippen LogP contribution < -0.4 is 11.3 Å². The van der Waals surface area contributed by atoms with E-state index in [-0.39, 0.29) is 5.56 Å². The zero-order valence-electron chi connectivity index (χ0n) is 10.1. The van der Waals surface area contributed by atoms with Gasteiger partial charge in [-0.15, -0.1) is 0 Å². The molecule has 0 spiro atoms. The van der Waals surface area contributed by atoms with Crippen molar-refractivity contribution in [3.05, 3.63) is 35.4 Å². The van der Waals surface area contributed by atoms with Gasteiger partial charge in [0.1, 0.15) is 18.2 Å². The summed E-state index contributed by atoms with van der Waals surface area (Å²) in [4.78, 5) is 0. The highest BCUT2D eigenvalue weighted by Crippen LogP contribution is 2.24. The molecule has 0 fully saturated rings. The Morgan fingerprint density at radius 1 is 1.25 bits per heavy atom. The molecule has 0 heterocycles. The molecule has 1 aromatic carbocycles. The highest BCUT2D eigenvalue weighted by atomic mass is 19.3. The average Bonchev–Trinajstić information content (AvgIpc) is 2.37. The van der Waals surface area contributed by atoms with Gasteiger partial charge in [0.05, 0.1) is 12.6 Å². The molecule has 0 amide bonds. The van der Waals surface area contributed by atoms with E-state index in [1.165, 1.54) is 0 Å². The third-order valence-electron chi connectivity index (χ3n) is 2.43. The molecule has 114 valence electrons. The van der Waals surface area contributed by atoms with Crippen LogP contribution in [0.5, 0.6) is 0 Å². The van der Waals surface area contributed by atoms with Crippen LogP contribution in [-0.4, -0.2) is 25.6 Å². The minimum atomic E-state index is -4.32. The predicted octanol–water partition coefficient (Wildman–Crippen LogP) is 2.39. The molecule has 0 saturated heterocycles. The molecule has 1 rings (SSSR count). The van der Waals surface area contributed by atoms with Crippen molar-refractivity contribution in [1.29, 1.82) is 0 Å². The van der Waals surface area contributed by atoms with E-state index in [1.54, 1.807) is 0 Å². The Morgan fingerprint density at radius 3 is 2.45 bits per heavy atom. The second kappa shape index (κ2) is 6.91. The summed E-state index contributed by atoms with van der Waals surface area (Å²) in [6, 6.07) is 1.33. The molecule has 0 aliphatic carbocycles.